The molecule has 0 unspecified atom stereocenters. The van der Waals surface area contributed by atoms with Gasteiger partial charge in [-0.3, -0.25) is 0 Å². The molecular formula is C11H16N2O5S. The molecule has 1 heterocycles. The topological polar surface area (TPSA) is 77.1 Å². The number of hydrogen-bond donors (Lipinski definition) is 1. The van der Waals surface area contributed by atoms with Gasteiger partial charge in [0.25, 0.3) is 10.2 Å². The molecule has 0 radical (unpaired) electrons. The summed E-state index contributed by atoms with van der Waals surface area (Å²) in [6, 6.07) is 5.21. The van der Waals surface area contributed by atoms with Crippen molar-refractivity contribution in [3.05, 3.63) is 18.2 Å². The number of rotatable bonds is 6. The van der Waals surface area contributed by atoms with Crippen LogP contribution in [0.4, 0.5) is 0 Å². The van der Waals surface area contributed by atoms with Gasteiger partial charge in [0, 0.05) is 26.7 Å². The Kier molecular flexibility index (Phi) is 4.13. The standard InChI is InChI=1S/C11H16N2O5S/c1-13(2)19(14,15)12-5-6-16-9-3-4-10-11(7-9)18-8-17-10/h3-4,7,12H,5-6,8H2,1-2H3. The van der Waals surface area contributed by atoms with Crippen molar-refractivity contribution in [3.8, 4) is 17.2 Å². The Hall–Kier alpha value is -1.51. The first-order valence-corrected chi connectivity index (χ1v) is 7.12. The number of nitrogens with zero attached hydrogens (tertiary/aromatic N) is 1. The van der Waals surface area contributed by atoms with Gasteiger partial charge in [-0.15, -0.1) is 0 Å². The molecule has 8 heteroatoms. The SMILES string of the molecule is CN(C)S(=O)(=O)NCCOc1ccc2c(c1)OCO2. The molecule has 0 aliphatic carbocycles. The van der Waals surface area contributed by atoms with E-state index in [1.54, 1.807) is 18.2 Å². The molecule has 0 aromatic heterocycles. The highest BCUT2D eigenvalue weighted by molar-refractivity contribution is 7.87. The monoisotopic (exact) mass is 288 g/mol. The second-order valence-corrected chi connectivity index (χ2v) is 6.01. The van der Waals surface area contributed by atoms with Crippen LogP contribution in [0.25, 0.3) is 0 Å². The number of nitrogens with one attached hydrogen (secondary N) is 1. The van der Waals surface area contributed by atoms with Gasteiger partial charge in [0.05, 0.1) is 0 Å². The van der Waals surface area contributed by atoms with E-state index in [1.165, 1.54) is 14.1 Å². The molecule has 1 aromatic rings. The van der Waals surface area contributed by atoms with Crippen LogP contribution in [-0.4, -0.2) is 46.8 Å². The molecule has 7 nitrogen and oxygen atoms in total. The Labute approximate surface area is 112 Å². The summed E-state index contributed by atoms with van der Waals surface area (Å²) in [6.07, 6.45) is 0. The first-order chi connectivity index (χ1) is 8.99. The lowest BCUT2D eigenvalue weighted by Crippen LogP contribution is -2.37. The predicted molar refractivity (Wildman–Crippen MR) is 68.7 cm³/mol. The summed E-state index contributed by atoms with van der Waals surface area (Å²) in [5.74, 6) is 1.92. The number of hydrogen-bond acceptors (Lipinski definition) is 5. The van der Waals surface area contributed by atoms with E-state index in [9.17, 15) is 8.42 Å². The van der Waals surface area contributed by atoms with E-state index in [-0.39, 0.29) is 19.9 Å². The van der Waals surface area contributed by atoms with Crippen LogP contribution in [-0.2, 0) is 10.2 Å². The zero-order chi connectivity index (χ0) is 13.9. The van der Waals surface area contributed by atoms with E-state index >= 15 is 0 Å². The third kappa shape index (κ3) is 3.49. The Morgan fingerprint density at radius 2 is 2.05 bits per heavy atom. The van der Waals surface area contributed by atoms with Crippen molar-refractivity contribution in [2.45, 2.75) is 0 Å². The summed E-state index contributed by atoms with van der Waals surface area (Å²) < 4.78 is 42.1. The molecule has 1 N–H and O–H groups in total. The first-order valence-electron chi connectivity index (χ1n) is 5.68. The van der Waals surface area contributed by atoms with Crippen LogP contribution in [0, 0.1) is 0 Å². The lowest BCUT2D eigenvalue weighted by Gasteiger charge is -2.12. The minimum absolute atomic E-state index is 0.189. The van der Waals surface area contributed by atoms with Crippen LogP contribution < -0.4 is 18.9 Å². The number of ether oxygens (including phenoxy) is 3. The fraction of sp³-hybridized carbons (Fsp3) is 0.455. The molecule has 0 fully saturated rings. The van der Waals surface area contributed by atoms with Crippen LogP contribution in [0.2, 0.25) is 0 Å². The summed E-state index contributed by atoms with van der Waals surface area (Å²) in [6.45, 7) is 0.628. The molecule has 106 valence electrons. The highest BCUT2D eigenvalue weighted by atomic mass is 32.2. The van der Waals surface area contributed by atoms with E-state index in [2.05, 4.69) is 4.72 Å². The van der Waals surface area contributed by atoms with Crippen molar-refractivity contribution < 1.29 is 22.6 Å². The van der Waals surface area contributed by atoms with Gasteiger partial charge in [0.15, 0.2) is 11.5 Å². The second-order valence-electron chi connectivity index (χ2n) is 4.05. The molecule has 0 saturated carbocycles. The summed E-state index contributed by atoms with van der Waals surface area (Å²) in [7, 11) is -0.485. The fourth-order valence-corrected chi connectivity index (χ4v) is 2.03. The van der Waals surface area contributed by atoms with Gasteiger partial charge >= 0.3 is 0 Å². The van der Waals surface area contributed by atoms with Crippen molar-refractivity contribution in [3.63, 3.8) is 0 Å². The van der Waals surface area contributed by atoms with Crippen molar-refractivity contribution in [2.75, 3.05) is 34.0 Å². The maximum absolute atomic E-state index is 11.4. The van der Waals surface area contributed by atoms with Crippen LogP contribution >= 0.6 is 0 Å². The van der Waals surface area contributed by atoms with Gasteiger partial charge in [-0.2, -0.15) is 17.4 Å². The quantitative estimate of drug-likeness (QED) is 0.756. The molecule has 19 heavy (non-hydrogen) atoms. The van der Waals surface area contributed by atoms with E-state index in [0.717, 1.165) is 4.31 Å². The van der Waals surface area contributed by atoms with E-state index in [4.69, 9.17) is 14.2 Å². The second kappa shape index (κ2) is 5.64. The highest BCUT2D eigenvalue weighted by Gasteiger charge is 2.14. The average Bonchev–Trinajstić information content (AvgIpc) is 2.81. The normalized spacial score (nSPS) is 13.8. The molecule has 1 aromatic carbocycles. The zero-order valence-electron chi connectivity index (χ0n) is 10.8. The maximum atomic E-state index is 11.4. The molecular weight excluding hydrogens is 272 g/mol. The van der Waals surface area contributed by atoms with Crippen molar-refractivity contribution >= 4 is 10.2 Å². The van der Waals surface area contributed by atoms with Crippen molar-refractivity contribution in [1.82, 2.24) is 9.03 Å². The summed E-state index contributed by atoms with van der Waals surface area (Å²) in [4.78, 5) is 0. The summed E-state index contributed by atoms with van der Waals surface area (Å²) >= 11 is 0. The Balaban J connectivity index is 1.80. The van der Waals surface area contributed by atoms with Crippen LogP contribution in [0.5, 0.6) is 17.2 Å². The van der Waals surface area contributed by atoms with Crippen LogP contribution in [0.15, 0.2) is 18.2 Å². The molecule has 0 saturated heterocycles. The van der Waals surface area contributed by atoms with E-state index < -0.39 is 10.2 Å². The lowest BCUT2D eigenvalue weighted by atomic mass is 10.3. The molecule has 2 rings (SSSR count). The molecule has 0 atom stereocenters. The largest absolute Gasteiger partial charge is 0.492 e. The molecule has 1 aliphatic heterocycles. The average molecular weight is 288 g/mol. The summed E-state index contributed by atoms with van der Waals surface area (Å²) in [5, 5.41) is 0. The third-order valence-corrected chi connectivity index (χ3v) is 4.01. The van der Waals surface area contributed by atoms with Crippen molar-refractivity contribution in [1.29, 1.82) is 0 Å². The van der Waals surface area contributed by atoms with Gasteiger partial charge in [-0.25, -0.2) is 0 Å². The molecule has 1 aliphatic rings. The molecule has 0 amide bonds. The minimum Gasteiger partial charge on any atom is -0.492 e. The lowest BCUT2D eigenvalue weighted by molar-refractivity contribution is 0.173. The highest BCUT2D eigenvalue weighted by Crippen LogP contribution is 2.34. The van der Waals surface area contributed by atoms with Gasteiger partial charge in [-0.1, -0.05) is 0 Å². The first kappa shape index (κ1) is 13.9. The van der Waals surface area contributed by atoms with Gasteiger partial charge in [-0.05, 0) is 12.1 Å². The van der Waals surface area contributed by atoms with Gasteiger partial charge in [0.1, 0.15) is 12.4 Å². The Morgan fingerprint density at radius 1 is 1.32 bits per heavy atom. The number of benzene rings is 1. The zero-order valence-corrected chi connectivity index (χ0v) is 11.6. The van der Waals surface area contributed by atoms with E-state index in [1.807, 2.05) is 0 Å². The van der Waals surface area contributed by atoms with Crippen molar-refractivity contribution in [2.24, 2.45) is 0 Å². The fourth-order valence-electron chi connectivity index (χ4n) is 1.44. The van der Waals surface area contributed by atoms with Crippen LogP contribution in [0.1, 0.15) is 0 Å². The maximum Gasteiger partial charge on any atom is 0.279 e. The Morgan fingerprint density at radius 3 is 2.79 bits per heavy atom. The van der Waals surface area contributed by atoms with Gasteiger partial charge < -0.3 is 14.2 Å². The third-order valence-electron chi connectivity index (χ3n) is 2.48. The summed E-state index contributed by atoms with van der Waals surface area (Å²) in [5.41, 5.74) is 0. The molecule has 0 spiro atoms. The molecule has 0 bridgehead atoms. The minimum atomic E-state index is -3.40. The Bertz CT molecular complexity index is 544. The van der Waals surface area contributed by atoms with Crippen LogP contribution in [0.3, 0.4) is 0 Å². The smallest absolute Gasteiger partial charge is 0.279 e. The van der Waals surface area contributed by atoms with E-state index in [0.29, 0.717) is 17.2 Å². The van der Waals surface area contributed by atoms with Gasteiger partial charge in [0.2, 0.25) is 6.79 Å². The predicted octanol–water partition coefficient (Wildman–Crippen LogP) is 0.190. The number of fused-ring (bicyclic) bond motifs is 1.